The van der Waals surface area contributed by atoms with Gasteiger partial charge in [-0.2, -0.15) is 0 Å². The van der Waals surface area contributed by atoms with E-state index in [2.05, 4.69) is 10.5 Å². The Hall–Kier alpha value is -3.64. The molecule has 1 N–H and O–H groups in total. The lowest BCUT2D eigenvalue weighted by atomic mass is 10.0. The molecule has 3 aromatic carbocycles. The van der Waals surface area contributed by atoms with Crippen molar-refractivity contribution in [1.82, 2.24) is 5.16 Å². The minimum Gasteiger partial charge on any atom is -0.361 e. The first-order valence-electron chi connectivity index (χ1n) is 10.2. The van der Waals surface area contributed by atoms with Crippen molar-refractivity contribution < 1.29 is 14.1 Å². The summed E-state index contributed by atoms with van der Waals surface area (Å²) in [7, 11) is 0. The Kier molecular flexibility index (Phi) is 6.52. The fourth-order valence-electron chi connectivity index (χ4n) is 3.33. The molecule has 0 unspecified atom stereocenters. The molecule has 160 valence electrons. The molecule has 6 heteroatoms. The van der Waals surface area contributed by atoms with Crippen LogP contribution in [-0.4, -0.2) is 16.8 Å². The van der Waals surface area contributed by atoms with Crippen LogP contribution in [0.15, 0.2) is 88.3 Å². The van der Waals surface area contributed by atoms with Gasteiger partial charge < -0.3 is 9.84 Å². The van der Waals surface area contributed by atoms with Crippen LogP contribution in [0.1, 0.15) is 43.3 Å². The summed E-state index contributed by atoms with van der Waals surface area (Å²) < 4.78 is 5.23. The van der Waals surface area contributed by atoms with Crippen LogP contribution < -0.4 is 5.32 Å². The molecule has 1 aromatic heterocycles. The number of ketones is 1. The van der Waals surface area contributed by atoms with Crippen LogP contribution in [0.25, 0.3) is 0 Å². The number of carbonyl (C=O) groups excluding carboxylic acids is 2. The summed E-state index contributed by atoms with van der Waals surface area (Å²) in [5.74, 6) is 1.14. The monoisotopic (exact) mass is 442 g/mol. The highest BCUT2D eigenvalue weighted by atomic mass is 32.2. The third-order valence-corrected chi connectivity index (χ3v) is 6.20. The fourth-order valence-corrected chi connectivity index (χ4v) is 4.53. The van der Waals surface area contributed by atoms with E-state index in [0.29, 0.717) is 28.1 Å². The lowest BCUT2D eigenvalue weighted by Gasteiger charge is -2.11. The van der Waals surface area contributed by atoms with Crippen molar-refractivity contribution in [3.63, 3.8) is 0 Å². The van der Waals surface area contributed by atoms with E-state index in [9.17, 15) is 9.59 Å². The molecule has 0 saturated heterocycles. The summed E-state index contributed by atoms with van der Waals surface area (Å²) in [5, 5.41) is 6.92. The molecule has 4 aromatic rings. The Morgan fingerprint density at radius 1 is 0.906 bits per heavy atom. The Morgan fingerprint density at radius 2 is 1.62 bits per heavy atom. The number of rotatable bonds is 7. The quantitative estimate of drug-likeness (QED) is 0.278. The van der Waals surface area contributed by atoms with Gasteiger partial charge in [0.05, 0.1) is 11.3 Å². The van der Waals surface area contributed by atoms with Gasteiger partial charge in [0.2, 0.25) is 0 Å². The van der Waals surface area contributed by atoms with E-state index in [1.807, 2.05) is 50.2 Å². The van der Waals surface area contributed by atoms with Gasteiger partial charge in [0.15, 0.2) is 5.78 Å². The molecule has 0 saturated carbocycles. The zero-order chi connectivity index (χ0) is 22.5. The topological polar surface area (TPSA) is 72.2 Å². The van der Waals surface area contributed by atoms with Crippen LogP contribution in [0, 0.1) is 13.8 Å². The number of hydrogen-bond acceptors (Lipinski definition) is 5. The molecule has 0 spiro atoms. The lowest BCUT2D eigenvalue weighted by Crippen LogP contribution is -2.13. The van der Waals surface area contributed by atoms with E-state index in [1.165, 1.54) is 0 Å². The van der Waals surface area contributed by atoms with Crippen LogP contribution in [0.4, 0.5) is 5.69 Å². The van der Waals surface area contributed by atoms with Gasteiger partial charge in [-0.15, -0.1) is 11.8 Å². The summed E-state index contributed by atoms with van der Waals surface area (Å²) in [6.07, 6.45) is 0. The minimum absolute atomic E-state index is 0.0860. The number of amides is 1. The Bertz CT molecular complexity index is 1250. The van der Waals surface area contributed by atoms with E-state index in [4.69, 9.17) is 4.52 Å². The maximum atomic E-state index is 13.0. The molecule has 0 aliphatic heterocycles. The summed E-state index contributed by atoms with van der Waals surface area (Å²) in [6, 6.07) is 23.5. The van der Waals surface area contributed by atoms with Crippen LogP contribution in [0.5, 0.6) is 0 Å². The smallest absolute Gasteiger partial charge is 0.256 e. The number of aromatic nitrogens is 1. The van der Waals surface area contributed by atoms with Gasteiger partial charge in [-0.25, -0.2) is 0 Å². The van der Waals surface area contributed by atoms with Crippen LogP contribution in [-0.2, 0) is 5.75 Å². The molecular weight excluding hydrogens is 420 g/mol. The Labute approximate surface area is 190 Å². The summed E-state index contributed by atoms with van der Waals surface area (Å²) in [6.45, 7) is 3.80. The van der Waals surface area contributed by atoms with Crippen molar-refractivity contribution in [2.75, 3.05) is 5.32 Å². The zero-order valence-electron chi connectivity index (χ0n) is 17.8. The molecule has 1 amide bonds. The molecule has 0 atom stereocenters. The highest BCUT2D eigenvalue weighted by Crippen LogP contribution is 2.29. The van der Waals surface area contributed by atoms with Gasteiger partial charge in [0.1, 0.15) is 5.76 Å². The maximum Gasteiger partial charge on any atom is 0.256 e. The molecule has 0 aliphatic rings. The number of anilines is 1. The van der Waals surface area contributed by atoms with Crippen LogP contribution in [0.2, 0.25) is 0 Å². The molecule has 0 radical (unpaired) electrons. The maximum absolute atomic E-state index is 13.0. The van der Waals surface area contributed by atoms with E-state index in [-0.39, 0.29) is 11.7 Å². The normalized spacial score (nSPS) is 10.7. The number of benzene rings is 3. The Balaban J connectivity index is 1.51. The third kappa shape index (κ3) is 4.81. The minimum atomic E-state index is -0.226. The molecule has 0 fully saturated rings. The van der Waals surface area contributed by atoms with Gasteiger partial charge in [-0.3, -0.25) is 9.59 Å². The number of carbonyl (C=O) groups is 2. The molecular formula is C26H22N2O3S. The average Bonchev–Trinajstić information content (AvgIpc) is 3.15. The molecule has 0 bridgehead atoms. The highest BCUT2D eigenvalue weighted by molar-refractivity contribution is 7.98. The van der Waals surface area contributed by atoms with E-state index in [0.717, 1.165) is 21.9 Å². The Morgan fingerprint density at radius 3 is 2.38 bits per heavy atom. The van der Waals surface area contributed by atoms with Crippen molar-refractivity contribution >= 4 is 29.1 Å². The van der Waals surface area contributed by atoms with Gasteiger partial charge in [-0.05, 0) is 38.1 Å². The largest absolute Gasteiger partial charge is 0.361 e. The van der Waals surface area contributed by atoms with Crippen molar-refractivity contribution in [2.24, 2.45) is 0 Å². The highest BCUT2D eigenvalue weighted by Gasteiger charge is 2.15. The zero-order valence-corrected chi connectivity index (χ0v) is 18.6. The van der Waals surface area contributed by atoms with Crippen molar-refractivity contribution in [3.05, 3.63) is 113 Å². The number of nitrogens with one attached hydrogen (secondary N) is 1. The standard InChI is InChI=1S/C26H22N2O3S/c1-17-23(18(2)31-28-17)16-32-24-14-7-6-13-22(24)26(30)27-21-12-8-11-20(15-21)25(29)19-9-4-3-5-10-19/h3-15H,16H2,1-2H3,(H,27,30). The first-order chi connectivity index (χ1) is 15.5. The third-order valence-electron chi connectivity index (χ3n) is 5.10. The fraction of sp³-hybridized carbons (Fsp3) is 0.115. The van der Waals surface area contributed by atoms with E-state index < -0.39 is 0 Å². The van der Waals surface area contributed by atoms with Crippen molar-refractivity contribution in [1.29, 1.82) is 0 Å². The number of thioether (sulfide) groups is 1. The first kappa shape index (κ1) is 21.6. The average molecular weight is 443 g/mol. The molecule has 1 heterocycles. The second kappa shape index (κ2) is 9.66. The van der Waals surface area contributed by atoms with E-state index >= 15 is 0 Å². The van der Waals surface area contributed by atoms with Crippen LogP contribution in [0.3, 0.4) is 0 Å². The van der Waals surface area contributed by atoms with Gasteiger partial charge in [0.25, 0.3) is 5.91 Å². The molecule has 5 nitrogen and oxygen atoms in total. The second-order valence-electron chi connectivity index (χ2n) is 7.32. The van der Waals surface area contributed by atoms with Crippen LogP contribution >= 0.6 is 11.8 Å². The number of hydrogen-bond donors (Lipinski definition) is 1. The van der Waals surface area contributed by atoms with Crippen molar-refractivity contribution in [2.45, 2.75) is 24.5 Å². The number of nitrogens with zero attached hydrogens (tertiary/aromatic N) is 1. The first-order valence-corrected chi connectivity index (χ1v) is 11.2. The van der Waals surface area contributed by atoms with Gasteiger partial charge >= 0.3 is 0 Å². The summed E-state index contributed by atoms with van der Waals surface area (Å²) >= 11 is 1.56. The predicted octanol–water partition coefficient (Wildman–Crippen LogP) is 6.07. The SMILES string of the molecule is Cc1noc(C)c1CSc1ccccc1C(=O)Nc1cccc(C(=O)c2ccccc2)c1. The predicted molar refractivity (Wildman–Crippen MR) is 126 cm³/mol. The van der Waals surface area contributed by atoms with E-state index in [1.54, 1.807) is 54.2 Å². The molecule has 0 aliphatic carbocycles. The molecule has 4 rings (SSSR count). The second-order valence-corrected chi connectivity index (χ2v) is 8.33. The number of aryl methyl sites for hydroxylation is 2. The van der Waals surface area contributed by atoms with Crippen molar-refractivity contribution in [3.8, 4) is 0 Å². The van der Waals surface area contributed by atoms with Gasteiger partial charge in [-0.1, -0.05) is 59.8 Å². The molecule has 32 heavy (non-hydrogen) atoms. The summed E-state index contributed by atoms with van der Waals surface area (Å²) in [5.41, 5.74) is 4.17. The van der Waals surface area contributed by atoms with Gasteiger partial charge in [0, 0.05) is 33.0 Å². The summed E-state index contributed by atoms with van der Waals surface area (Å²) in [4.78, 5) is 26.6. The lowest BCUT2D eigenvalue weighted by molar-refractivity contribution is 0.101.